The summed E-state index contributed by atoms with van der Waals surface area (Å²) >= 11 is 1.80. The highest BCUT2D eigenvalue weighted by Gasteiger charge is 1.95. The fourth-order valence-electron chi connectivity index (χ4n) is 0.679. The van der Waals surface area contributed by atoms with E-state index in [1.54, 1.807) is 11.4 Å². The molecule has 0 unspecified atom stereocenters. The van der Waals surface area contributed by atoms with E-state index in [0.29, 0.717) is 0 Å². The molecule has 0 amide bonds. The van der Waals surface area contributed by atoms with Gasteiger partial charge in [0.15, 0.2) is 5.37 Å². The molecule has 10 heavy (non-hydrogen) atoms. The molecular weight excluding hydrogens is 140 g/mol. The Hall–Kier alpha value is -0.690. The zero-order chi connectivity index (χ0) is 7.23. The fourth-order valence-corrected chi connectivity index (χ4v) is 1.35. The van der Waals surface area contributed by atoms with Gasteiger partial charge in [-0.25, -0.2) is 0 Å². The first-order chi connectivity index (χ1) is 4.93. The SMILES string of the molecule is CCC=[S+]c1ccccc1. The summed E-state index contributed by atoms with van der Waals surface area (Å²) in [6.45, 7) is 2.15. The fraction of sp³-hybridized carbons (Fsp3) is 0.222. The Morgan fingerprint density at radius 3 is 2.60 bits per heavy atom. The first-order valence-electron chi connectivity index (χ1n) is 3.47. The van der Waals surface area contributed by atoms with Crippen LogP contribution in [0.15, 0.2) is 35.2 Å². The zero-order valence-corrected chi connectivity index (χ0v) is 6.90. The van der Waals surface area contributed by atoms with Crippen molar-refractivity contribution in [3.63, 3.8) is 0 Å². The lowest BCUT2D eigenvalue weighted by atomic mass is 10.4. The van der Waals surface area contributed by atoms with Gasteiger partial charge in [-0.3, -0.25) is 0 Å². The van der Waals surface area contributed by atoms with Crippen LogP contribution in [0.5, 0.6) is 0 Å². The lowest BCUT2D eigenvalue weighted by molar-refractivity contribution is 1.35. The molecule has 0 heterocycles. The second kappa shape index (κ2) is 4.18. The van der Waals surface area contributed by atoms with Crippen LogP contribution in [0.25, 0.3) is 0 Å². The molecule has 0 spiro atoms. The van der Waals surface area contributed by atoms with Crippen LogP contribution in [0, 0.1) is 0 Å². The molecule has 1 rings (SSSR count). The Labute approximate surface area is 65.9 Å². The van der Waals surface area contributed by atoms with Crippen molar-refractivity contribution >= 4 is 16.7 Å². The van der Waals surface area contributed by atoms with Crippen LogP contribution in [0.2, 0.25) is 0 Å². The van der Waals surface area contributed by atoms with Gasteiger partial charge in [-0.05, 0) is 0 Å². The molecule has 1 aromatic rings. The Kier molecular flexibility index (Phi) is 3.10. The highest BCUT2D eigenvalue weighted by atomic mass is 32.1. The highest BCUT2D eigenvalue weighted by molar-refractivity contribution is 7.77. The third-order valence-electron chi connectivity index (χ3n) is 1.13. The van der Waals surface area contributed by atoms with E-state index in [1.165, 1.54) is 4.90 Å². The van der Waals surface area contributed by atoms with Gasteiger partial charge in [-0.15, -0.1) is 0 Å². The second-order valence-corrected chi connectivity index (χ2v) is 3.05. The summed E-state index contributed by atoms with van der Waals surface area (Å²) < 4.78 is 0. The Morgan fingerprint density at radius 2 is 2.00 bits per heavy atom. The molecule has 0 radical (unpaired) electrons. The summed E-state index contributed by atoms with van der Waals surface area (Å²) in [5.74, 6) is 0. The van der Waals surface area contributed by atoms with Crippen LogP contribution in [-0.2, 0) is 11.4 Å². The molecule has 0 aromatic heterocycles. The van der Waals surface area contributed by atoms with Crippen molar-refractivity contribution < 1.29 is 0 Å². The van der Waals surface area contributed by atoms with E-state index in [1.807, 2.05) is 6.07 Å². The van der Waals surface area contributed by atoms with Gasteiger partial charge in [-0.2, -0.15) is 0 Å². The minimum Gasteiger partial charge on any atom is -0.0619 e. The van der Waals surface area contributed by atoms with Gasteiger partial charge >= 0.3 is 0 Å². The molecule has 0 aliphatic rings. The summed E-state index contributed by atoms with van der Waals surface area (Å²) in [5.41, 5.74) is 0. The average Bonchev–Trinajstić information content (AvgIpc) is 2.03. The normalized spacial score (nSPS) is 10.5. The molecule has 1 aromatic carbocycles. The van der Waals surface area contributed by atoms with E-state index in [2.05, 4.69) is 36.6 Å². The van der Waals surface area contributed by atoms with Crippen LogP contribution in [-0.4, -0.2) is 5.37 Å². The van der Waals surface area contributed by atoms with Crippen molar-refractivity contribution in [1.29, 1.82) is 0 Å². The number of rotatable bonds is 2. The number of benzene rings is 1. The van der Waals surface area contributed by atoms with Crippen LogP contribution in [0.4, 0.5) is 0 Å². The summed E-state index contributed by atoms with van der Waals surface area (Å²) in [4.78, 5) is 1.32. The lowest BCUT2D eigenvalue weighted by Crippen LogP contribution is -1.74. The first-order valence-corrected chi connectivity index (χ1v) is 4.35. The number of hydrogen-bond acceptors (Lipinski definition) is 0. The quantitative estimate of drug-likeness (QED) is 0.449. The molecule has 0 saturated heterocycles. The molecule has 52 valence electrons. The van der Waals surface area contributed by atoms with E-state index in [4.69, 9.17) is 0 Å². The molecule has 0 bridgehead atoms. The molecule has 1 heteroatoms. The van der Waals surface area contributed by atoms with Gasteiger partial charge in [0.1, 0.15) is 0 Å². The molecular formula is C9H11S+. The monoisotopic (exact) mass is 151 g/mol. The molecule has 0 nitrogen and oxygen atoms in total. The molecule has 0 aliphatic carbocycles. The predicted molar refractivity (Wildman–Crippen MR) is 48.4 cm³/mol. The average molecular weight is 151 g/mol. The summed E-state index contributed by atoms with van der Waals surface area (Å²) in [5, 5.41) is 2.20. The van der Waals surface area contributed by atoms with Crippen molar-refractivity contribution in [3.05, 3.63) is 30.3 Å². The van der Waals surface area contributed by atoms with E-state index in [0.717, 1.165) is 6.42 Å². The standard InChI is InChI=1S/C9H11S/c1-2-8-10-9-6-4-3-5-7-9/h3-8H,2H2,1H3/q+1. The zero-order valence-electron chi connectivity index (χ0n) is 6.08. The first kappa shape index (κ1) is 7.42. The Morgan fingerprint density at radius 1 is 1.30 bits per heavy atom. The third kappa shape index (κ3) is 2.28. The van der Waals surface area contributed by atoms with Crippen molar-refractivity contribution in [3.8, 4) is 0 Å². The molecule has 0 fully saturated rings. The number of hydrogen-bond donors (Lipinski definition) is 0. The van der Waals surface area contributed by atoms with Gasteiger partial charge in [0.05, 0.1) is 0 Å². The maximum atomic E-state index is 2.20. The van der Waals surface area contributed by atoms with Crippen molar-refractivity contribution in [1.82, 2.24) is 0 Å². The van der Waals surface area contributed by atoms with Crippen LogP contribution < -0.4 is 0 Å². The molecule has 0 saturated carbocycles. The lowest BCUT2D eigenvalue weighted by Gasteiger charge is -1.75. The van der Waals surface area contributed by atoms with Gasteiger partial charge in [0.25, 0.3) is 0 Å². The van der Waals surface area contributed by atoms with Gasteiger partial charge in [0.2, 0.25) is 16.2 Å². The predicted octanol–water partition coefficient (Wildman–Crippen LogP) is 2.34. The highest BCUT2D eigenvalue weighted by Crippen LogP contribution is 1.96. The third-order valence-corrected chi connectivity index (χ3v) is 2.17. The minimum absolute atomic E-state index is 1.12. The largest absolute Gasteiger partial charge is 0.230 e. The van der Waals surface area contributed by atoms with Crippen molar-refractivity contribution in [2.75, 3.05) is 0 Å². The summed E-state index contributed by atoms with van der Waals surface area (Å²) in [7, 11) is 0. The summed E-state index contributed by atoms with van der Waals surface area (Å²) in [6, 6.07) is 10.4. The van der Waals surface area contributed by atoms with Gasteiger partial charge < -0.3 is 0 Å². The van der Waals surface area contributed by atoms with Gasteiger partial charge in [0, 0.05) is 18.6 Å². The topological polar surface area (TPSA) is 0 Å². The van der Waals surface area contributed by atoms with Crippen LogP contribution in [0.1, 0.15) is 13.3 Å². The summed E-state index contributed by atoms with van der Waals surface area (Å²) in [6.07, 6.45) is 1.12. The van der Waals surface area contributed by atoms with Crippen molar-refractivity contribution in [2.24, 2.45) is 0 Å². The second-order valence-electron chi connectivity index (χ2n) is 2.01. The van der Waals surface area contributed by atoms with E-state index >= 15 is 0 Å². The van der Waals surface area contributed by atoms with E-state index in [-0.39, 0.29) is 0 Å². The maximum Gasteiger partial charge on any atom is 0.230 e. The Bertz CT molecular complexity index is 201. The maximum absolute atomic E-state index is 2.20. The van der Waals surface area contributed by atoms with Crippen LogP contribution >= 0.6 is 0 Å². The van der Waals surface area contributed by atoms with E-state index < -0.39 is 0 Å². The Balaban J connectivity index is 2.67. The molecule has 0 atom stereocenters. The van der Waals surface area contributed by atoms with Gasteiger partial charge in [-0.1, -0.05) is 25.1 Å². The van der Waals surface area contributed by atoms with Crippen LogP contribution in [0.3, 0.4) is 0 Å². The van der Waals surface area contributed by atoms with Crippen molar-refractivity contribution in [2.45, 2.75) is 18.2 Å². The molecule has 0 aliphatic heterocycles. The smallest absolute Gasteiger partial charge is 0.0619 e. The van der Waals surface area contributed by atoms with E-state index in [9.17, 15) is 0 Å². The molecule has 0 N–H and O–H groups in total. The minimum atomic E-state index is 1.12.